The second-order valence-corrected chi connectivity index (χ2v) is 21.3. The predicted octanol–water partition coefficient (Wildman–Crippen LogP) is -1.46. The normalized spacial score (nSPS) is 15.1. The van der Waals surface area contributed by atoms with Crippen molar-refractivity contribution in [3.8, 4) is 0 Å². The third-order valence-corrected chi connectivity index (χ3v) is 13.4. The summed E-state index contributed by atoms with van der Waals surface area (Å²) in [6.45, 7) is 12.3. The van der Waals surface area contributed by atoms with Gasteiger partial charge in [0.25, 0.3) is 0 Å². The number of nitrogens with two attached hydrogens (primary N) is 6. The van der Waals surface area contributed by atoms with Crippen LogP contribution in [0.2, 0.25) is 0 Å². The maximum absolute atomic E-state index is 14.5. The van der Waals surface area contributed by atoms with Crippen LogP contribution in [0.3, 0.4) is 0 Å². The fourth-order valence-electron chi connectivity index (χ4n) is 8.73. The zero-order chi connectivity index (χ0) is 60.1. The molecule has 80 heavy (non-hydrogen) atoms. The lowest BCUT2D eigenvalue weighted by atomic mass is 9.96. The SMILES string of the molecule is CC[C@H](C)[C@H](NC(=O)[C@H](CCCN=C(N)N)NC(=O)[C@H](CCCCN)NC(=O)[C@H](Cc1ccc2ccccc2c1)NC(=O)CN)C(=O)N[C@@H](CCCCN)C(=O)N[C@H](C(=O)N[C@@H](CC(C)C)C(=O)N[C@@H](CC(C)C)C(N)=O)[C@@H](C)O. The Morgan fingerprint density at radius 2 is 0.963 bits per heavy atom. The molecule has 0 unspecified atom stereocenters. The fraction of sp³-hybridized carbons (Fsp3) is 0.636. The first kappa shape index (κ1) is 69.1. The highest BCUT2D eigenvalue weighted by Crippen LogP contribution is 2.18. The van der Waals surface area contributed by atoms with E-state index in [0.717, 1.165) is 16.3 Å². The number of rotatable bonds is 38. The van der Waals surface area contributed by atoms with Crippen molar-refractivity contribution < 1.29 is 48.3 Å². The monoisotopic (exact) mass is 1120 g/mol. The molecule has 2 aromatic rings. The van der Waals surface area contributed by atoms with Gasteiger partial charge < -0.3 is 82.0 Å². The van der Waals surface area contributed by atoms with Gasteiger partial charge in [0.1, 0.15) is 48.3 Å². The molecule has 0 saturated carbocycles. The highest BCUT2D eigenvalue weighted by molar-refractivity contribution is 5.98. The number of carbonyl (C=O) groups is 9. The number of nitrogens with one attached hydrogen (secondary N) is 8. The number of benzene rings is 2. The Balaban J connectivity index is 2.48. The van der Waals surface area contributed by atoms with Crippen molar-refractivity contribution in [2.75, 3.05) is 26.2 Å². The third-order valence-electron chi connectivity index (χ3n) is 13.4. The molecule has 0 aliphatic carbocycles. The molecule has 25 nitrogen and oxygen atoms in total. The van der Waals surface area contributed by atoms with Crippen LogP contribution in [-0.2, 0) is 49.6 Å². The minimum Gasteiger partial charge on any atom is -0.391 e. The molecule has 0 bridgehead atoms. The summed E-state index contributed by atoms with van der Waals surface area (Å²) in [5, 5.41) is 34.2. The summed E-state index contributed by atoms with van der Waals surface area (Å²) in [5.41, 5.74) is 34.7. The smallest absolute Gasteiger partial charge is 0.245 e. The van der Waals surface area contributed by atoms with Crippen LogP contribution in [0.5, 0.6) is 0 Å². The van der Waals surface area contributed by atoms with Crippen molar-refractivity contribution in [2.45, 2.75) is 180 Å². The molecule has 0 aliphatic rings. The van der Waals surface area contributed by atoms with Crippen LogP contribution in [0.1, 0.15) is 125 Å². The number of amides is 9. The van der Waals surface area contributed by atoms with Crippen LogP contribution in [0.15, 0.2) is 47.5 Å². The number of aliphatic imine (C=N–C) groups is 1. The van der Waals surface area contributed by atoms with E-state index in [9.17, 15) is 48.3 Å². The van der Waals surface area contributed by atoms with E-state index in [1.807, 2.05) is 70.2 Å². The molecule has 0 fully saturated rings. The van der Waals surface area contributed by atoms with E-state index >= 15 is 0 Å². The van der Waals surface area contributed by atoms with Crippen LogP contribution < -0.4 is 76.9 Å². The maximum atomic E-state index is 14.5. The van der Waals surface area contributed by atoms with Crippen LogP contribution in [0.25, 0.3) is 10.8 Å². The van der Waals surface area contributed by atoms with Crippen molar-refractivity contribution in [3.63, 3.8) is 0 Å². The van der Waals surface area contributed by atoms with E-state index in [-0.39, 0.29) is 75.8 Å². The summed E-state index contributed by atoms with van der Waals surface area (Å²) in [4.78, 5) is 128. The van der Waals surface area contributed by atoms with Gasteiger partial charge in [0.05, 0.1) is 12.6 Å². The molecule has 0 radical (unpaired) electrons. The predicted molar refractivity (Wildman–Crippen MR) is 307 cm³/mol. The van der Waals surface area contributed by atoms with Gasteiger partial charge in [-0.05, 0) is 118 Å². The number of primary amides is 1. The summed E-state index contributed by atoms with van der Waals surface area (Å²) in [7, 11) is 0. The number of nitrogens with zero attached hydrogens (tertiary/aromatic N) is 1. The fourth-order valence-corrected chi connectivity index (χ4v) is 8.73. The van der Waals surface area contributed by atoms with Gasteiger partial charge in [0, 0.05) is 13.0 Å². The Kier molecular flexibility index (Phi) is 31.4. The topological polar surface area (TPSA) is 439 Å². The second-order valence-electron chi connectivity index (χ2n) is 21.3. The van der Waals surface area contributed by atoms with Gasteiger partial charge in [-0.2, -0.15) is 0 Å². The van der Waals surface area contributed by atoms with Gasteiger partial charge >= 0.3 is 0 Å². The number of unbranched alkanes of at least 4 members (excludes halogenated alkanes) is 2. The molecule has 0 saturated heterocycles. The van der Waals surface area contributed by atoms with Gasteiger partial charge in [0.2, 0.25) is 53.2 Å². The highest BCUT2D eigenvalue weighted by atomic mass is 16.3. The van der Waals surface area contributed by atoms with Crippen molar-refractivity contribution in [2.24, 2.45) is 57.1 Å². The summed E-state index contributed by atoms with van der Waals surface area (Å²) in [6.07, 6.45) is 1.21. The second kappa shape index (κ2) is 36.3. The molecular weight excluding hydrogens is 1030 g/mol. The van der Waals surface area contributed by atoms with E-state index < -0.39 is 120 Å². The Bertz CT molecular complexity index is 2370. The number of aliphatic hydroxyl groups is 1. The van der Waals surface area contributed by atoms with Crippen LogP contribution in [0.4, 0.5) is 0 Å². The molecule has 0 aromatic heterocycles. The average molecular weight is 1120 g/mol. The van der Waals surface area contributed by atoms with E-state index in [2.05, 4.69) is 47.5 Å². The van der Waals surface area contributed by atoms with E-state index in [1.54, 1.807) is 13.8 Å². The Hall–Kier alpha value is -6.96. The average Bonchev–Trinajstić information content (AvgIpc) is 3.40. The van der Waals surface area contributed by atoms with Gasteiger partial charge in [-0.3, -0.25) is 48.1 Å². The molecule has 2 rings (SSSR count). The number of hydrogen-bond acceptors (Lipinski definition) is 14. The lowest BCUT2D eigenvalue weighted by Crippen LogP contribution is -2.62. The number of fused-ring (bicyclic) bond motifs is 1. The molecule has 448 valence electrons. The van der Waals surface area contributed by atoms with Crippen molar-refractivity contribution in [1.82, 2.24) is 42.5 Å². The van der Waals surface area contributed by atoms with Crippen LogP contribution in [-0.4, -0.2) is 145 Å². The zero-order valence-corrected chi connectivity index (χ0v) is 47.8. The molecule has 0 spiro atoms. The molecule has 10 atom stereocenters. The molecule has 25 heteroatoms. The quantitative estimate of drug-likeness (QED) is 0.0208. The van der Waals surface area contributed by atoms with Gasteiger partial charge in [0.15, 0.2) is 5.96 Å². The van der Waals surface area contributed by atoms with E-state index in [1.165, 1.54) is 6.92 Å². The largest absolute Gasteiger partial charge is 0.391 e. The van der Waals surface area contributed by atoms with E-state index in [4.69, 9.17) is 34.4 Å². The van der Waals surface area contributed by atoms with Crippen molar-refractivity contribution in [3.05, 3.63) is 48.0 Å². The third kappa shape index (κ3) is 25.0. The standard InChI is InChI=1S/C55H93N15O10/c1-8-33(6)45(53(79)66-39(19-12-14-24-57)50(76)70-46(34(7)71)54(80)68-42(27-32(4)5)51(77)67-41(47(59)73)26-31(2)3)69-49(75)40(20-15-25-62-55(60)61)64-48(74)38(18-11-13-23-56)65-52(78)43(63-44(72)30-58)29-35-21-22-36-16-9-10-17-37(36)28-35/h9-10,16-17,21-22,28,31-34,38-43,45-46,71H,8,11-15,18-20,23-27,29-30,56-58H2,1-7H3,(H2,59,73)(H,63,72)(H,64,74)(H,65,78)(H,66,79)(H,67,77)(H,68,80)(H,69,75)(H,70,76)(H4,60,61,62)/t33-,34+,38-,39-,40-,41-,42-,43-,45-,46-/m0/s1. The Morgan fingerprint density at radius 1 is 0.512 bits per heavy atom. The molecule has 21 N–H and O–H groups in total. The Morgan fingerprint density at radius 3 is 1.46 bits per heavy atom. The summed E-state index contributed by atoms with van der Waals surface area (Å²) < 4.78 is 0. The van der Waals surface area contributed by atoms with Crippen LogP contribution in [0, 0.1) is 17.8 Å². The maximum Gasteiger partial charge on any atom is 0.245 e. The number of guanidine groups is 1. The first-order valence-corrected chi connectivity index (χ1v) is 27.9. The number of aliphatic hydroxyl groups excluding tert-OH is 1. The summed E-state index contributed by atoms with van der Waals surface area (Å²) >= 11 is 0. The lowest BCUT2D eigenvalue weighted by molar-refractivity contribution is -0.137. The Labute approximate surface area is 470 Å². The molecule has 0 aliphatic heterocycles. The van der Waals surface area contributed by atoms with Crippen LogP contribution >= 0.6 is 0 Å². The van der Waals surface area contributed by atoms with Gasteiger partial charge in [-0.15, -0.1) is 0 Å². The summed E-state index contributed by atoms with van der Waals surface area (Å²) in [6, 6.07) is 3.09. The molecule has 0 heterocycles. The van der Waals surface area contributed by atoms with Crippen molar-refractivity contribution >= 4 is 69.9 Å². The summed E-state index contributed by atoms with van der Waals surface area (Å²) in [5.74, 6) is -7.72. The van der Waals surface area contributed by atoms with Gasteiger partial charge in [-0.25, -0.2) is 0 Å². The lowest BCUT2D eigenvalue weighted by Gasteiger charge is -2.30. The number of hydrogen-bond donors (Lipinski definition) is 15. The molecule has 2 aromatic carbocycles. The molecular formula is C55H93N15O10. The molecule has 9 amide bonds. The minimum atomic E-state index is -1.63. The highest BCUT2D eigenvalue weighted by Gasteiger charge is 2.37. The first-order valence-electron chi connectivity index (χ1n) is 27.9. The zero-order valence-electron chi connectivity index (χ0n) is 47.8. The first-order chi connectivity index (χ1) is 37.8. The van der Waals surface area contributed by atoms with Gasteiger partial charge in [-0.1, -0.05) is 90.4 Å². The number of carbonyl (C=O) groups excluding carboxylic acids is 9. The van der Waals surface area contributed by atoms with Crippen molar-refractivity contribution in [1.29, 1.82) is 0 Å². The minimum absolute atomic E-state index is 0.00110. The van der Waals surface area contributed by atoms with E-state index in [0.29, 0.717) is 38.6 Å².